The largest absolute Gasteiger partial charge is 0.341 e. The first-order valence-corrected chi connectivity index (χ1v) is 8.29. The van der Waals surface area contributed by atoms with Crippen molar-refractivity contribution in [3.63, 3.8) is 0 Å². The fraction of sp³-hybridized carbons (Fsp3) is 0.750. The molecule has 2 atom stereocenters. The molecular formula is C16H26N4O. The van der Waals surface area contributed by atoms with E-state index < -0.39 is 0 Å². The van der Waals surface area contributed by atoms with Gasteiger partial charge in [-0.2, -0.15) is 0 Å². The molecule has 0 unspecified atom stereocenters. The Morgan fingerprint density at radius 3 is 3.19 bits per heavy atom. The maximum atomic E-state index is 12.6. The molecule has 2 fully saturated rings. The quantitative estimate of drug-likeness (QED) is 0.916. The van der Waals surface area contributed by atoms with Gasteiger partial charge >= 0.3 is 0 Å². The molecule has 0 radical (unpaired) electrons. The number of imidazole rings is 1. The van der Waals surface area contributed by atoms with Crippen molar-refractivity contribution in [2.24, 2.45) is 5.92 Å². The Bertz CT molecular complexity index is 484. The van der Waals surface area contributed by atoms with Crippen LogP contribution in [0.2, 0.25) is 0 Å². The van der Waals surface area contributed by atoms with Gasteiger partial charge in [0.25, 0.3) is 0 Å². The molecule has 0 aromatic carbocycles. The molecule has 0 saturated carbocycles. The fourth-order valence-electron chi connectivity index (χ4n) is 3.68. The number of aromatic nitrogens is 2. The number of hydrogen-bond acceptors (Lipinski definition) is 3. The number of carbonyl (C=O) groups excluding carboxylic acids is 1. The zero-order valence-electron chi connectivity index (χ0n) is 12.9. The van der Waals surface area contributed by atoms with Crippen LogP contribution < -0.4 is 5.32 Å². The number of amides is 1. The summed E-state index contributed by atoms with van der Waals surface area (Å²) in [6.07, 6.45) is 9.49. The minimum Gasteiger partial charge on any atom is -0.341 e. The minimum absolute atomic E-state index is 0.241. The number of carbonyl (C=O) groups is 1. The zero-order valence-corrected chi connectivity index (χ0v) is 12.9. The first-order valence-electron chi connectivity index (χ1n) is 8.29. The maximum absolute atomic E-state index is 12.6. The maximum Gasteiger partial charge on any atom is 0.242 e. The van der Waals surface area contributed by atoms with Gasteiger partial charge < -0.3 is 14.8 Å². The van der Waals surface area contributed by atoms with Crippen LogP contribution in [0.1, 0.15) is 38.4 Å². The van der Waals surface area contributed by atoms with Crippen molar-refractivity contribution in [3.8, 4) is 0 Å². The van der Waals surface area contributed by atoms with Crippen LogP contribution in [0, 0.1) is 5.92 Å². The normalized spacial score (nSPS) is 26.2. The summed E-state index contributed by atoms with van der Waals surface area (Å²) in [5.41, 5.74) is 0. The lowest BCUT2D eigenvalue weighted by molar-refractivity contribution is -0.134. The number of likely N-dealkylation sites (tertiary alicyclic amines) is 1. The van der Waals surface area contributed by atoms with E-state index in [1.54, 1.807) is 6.20 Å². The van der Waals surface area contributed by atoms with E-state index in [2.05, 4.69) is 22.1 Å². The zero-order chi connectivity index (χ0) is 14.7. The molecule has 1 amide bonds. The van der Waals surface area contributed by atoms with Gasteiger partial charge in [-0.3, -0.25) is 4.79 Å². The highest BCUT2D eigenvalue weighted by Crippen LogP contribution is 2.25. The van der Waals surface area contributed by atoms with E-state index in [4.69, 9.17) is 0 Å². The SMILES string of the molecule is CCc1nccn1CC(=O)N1CC[C@H]2NCCCC[C@H]2C1. The van der Waals surface area contributed by atoms with Gasteiger partial charge in [-0.25, -0.2) is 4.98 Å². The predicted molar refractivity (Wildman–Crippen MR) is 81.9 cm³/mol. The molecule has 5 heteroatoms. The third-order valence-electron chi connectivity index (χ3n) is 4.92. The molecule has 0 bridgehead atoms. The molecule has 0 aliphatic carbocycles. The number of nitrogens with one attached hydrogen (secondary N) is 1. The van der Waals surface area contributed by atoms with Gasteiger partial charge in [-0.15, -0.1) is 0 Å². The summed E-state index contributed by atoms with van der Waals surface area (Å²) in [6.45, 7) is 5.47. The van der Waals surface area contributed by atoms with E-state index in [1.165, 1.54) is 19.3 Å². The van der Waals surface area contributed by atoms with Crippen molar-refractivity contribution in [3.05, 3.63) is 18.2 Å². The molecule has 2 aliphatic heterocycles. The van der Waals surface area contributed by atoms with E-state index in [1.807, 2.05) is 10.8 Å². The minimum atomic E-state index is 0.241. The van der Waals surface area contributed by atoms with E-state index in [0.29, 0.717) is 18.5 Å². The van der Waals surface area contributed by atoms with Crippen molar-refractivity contribution in [2.75, 3.05) is 19.6 Å². The second kappa shape index (κ2) is 6.60. The molecule has 1 N–H and O–H groups in total. The lowest BCUT2D eigenvalue weighted by Crippen LogP contribution is -2.51. The van der Waals surface area contributed by atoms with E-state index in [0.717, 1.165) is 38.3 Å². The summed E-state index contributed by atoms with van der Waals surface area (Å²) in [4.78, 5) is 18.9. The van der Waals surface area contributed by atoms with Crippen LogP contribution in [0.4, 0.5) is 0 Å². The summed E-state index contributed by atoms with van der Waals surface area (Å²) < 4.78 is 1.99. The molecule has 3 heterocycles. The summed E-state index contributed by atoms with van der Waals surface area (Å²) in [6, 6.07) is 0.621. The number of piperidine rings is 1. The van der Waals surface area contributed by atoms with Gasteiger partial charge in [0.1, 0.15) is 12.4 Å². The lowest BCUT2D eigenvalue weighted by Gasteiger charge is -2.38. The van der Waals surface area contributed by atoms with Crippen molar-refractivity contribution in [1.29, 1.82) is 0 Å². The molecule has 1 aromatic rings. The van der Waals surface area contributed by atoms with Gasteiger partial charge in [0, 0.05) is 37.9 Å². The number of rotatable bonds is 3. The standard InChI is InChI=1S/C16H26N4O/c1-2-15-18-8-10-19(15)12-16(21)20-9-6-14-13(11-20)5-3-4-7-17-14/h8,10,13-14,17H,2-7,9,11-12H2,1H3/t13-,14+/m0/s1. The van der Waals surface area contributed by atoms with E-state index in [9.17, 15) is 4.79 Å². The Hall–Kier alpha value is -1.36. The monoisotopic (exact) mass is 290 g/mol. The van der Waals surface area contributed by atoms with Gasteiger partial charge in [-0.1, -0.05) is 13.3 Å². The molecule has 116 valence electrons. The van der Waals surface area contributed by atoms with Crippen LogP contribution in [0.15, 0.2) is 12.4 Å². The molecule has 0 spiro atoms. The van der Waals surface area contributed by atoms with Crippen LogP contribution in [0.25, 0.3) is 0 Å². The van der Waals surface area contributed by atoms with Gasteiger partial charge in [-0.05, 0) is 31.7 Å². The second-order valence-electron chi connectivity index (χ2n) is 6.27. The van der Waals surface area contributed by atoms with Gasteiger partial charge in [0.2, 0.25) is 5.91 Å². The average Bonchev–Trinajstić information content (AvgIpc) is 2.81. The average molecular weight is 290 g/mol. The first-order chi connectivity index (χ1) is 10.3. The number of nitrogens with zero attached hydrogens (tertiary/aromatic N) is 3. The molecule has 1 aromatic heterocycles. The lowest BCUT2D eigenvalue weighted by atomic mass is 9.89. The summed E-state index contributed by atoms with van der Waals surface area (Å²) >= 11 is 0. The van der Waals surface area contributed by atoms with Crippen LogP contribution in [-0.4, -0.2) is 46.0 Å². The smallest absolute Gasteiger partial charge is 0.242 e. The fourth-order valence-corrected chi connectivity index (χ4v) is 3.68. The number of fused-ring (bicyclic) bond motifs is 1. The molecule has 5 nitrogen and oxygen atoms in total. The van der Waals surface area contributed by atoms with Crippen molar-refractivity contribution in [2.45, 2.75) is 51.6 Å². The Labute approximate surface area is 126 Å². The third-order valence-corrected chi connectivity index (χ3v) is 4.92. The van der Waals surface area contributed by atoms with Gasteiger partial charge in [0.05, 0.1) is 0 Å². The van der Waals surface area contributed by atoms with Crippen LogP contribution in [-0.2, 0) is 17.8 Å². The van der Waals surface area contributed by atoms with E-state index in [-0.39, 0.29) is 5.91 Å². The van der Waals surface area contributed by atoms with Gasteiger partial charge in [0.15, 0.2) is 0 Å². The van der Waals surface area contributed by atoms with E-state index >= 15 is 0 Å². The Kier molecular flexibility index (Phi) is 4.58. The Balaban J connectivity index is 1.60. The van der Waals surface area contributed by atoms with Crippen LogP contribution in [0.3, 0.4) is 0 Å². The Morgan fingerprint density at radius 1 is 1.43 bits per heavy atom. The highest BCUT2D eigenvalue weighted by atomic mass is 16.2. The number of hydrogen-bond donors (Lipinski definition) is 1. The Morgan fingerprint density at radius 2 is 2.33 bits per heavy atom. The summed E-state index contributed by atoms with van der Waals surface area (Å²) in [7, 11) is 0. The van der Waals surface area contributed by atoms with Crippen molar-refractivity contribution in [1.82, 2.24) is 19.8 Å². The van der Waals surface area contributed by atoms with Crippen molar-refractivity contribution >= 4 is 5.91 Å². The highest BCUT2D eigenvalue weighted by molar-refractivity contribution is 5.76. The third kappa shape index (κ3) is 3.28. The van der Waals surface area contributed by atoms with Crippen LogP contribution >= 0.6 is 0 Å². The molecule has 21 heavy (non-hydrogen) atoms. The summed E-state index contributed by atoms with van der Waals surface area (Å²) in [5.74, 6) is 1.87. The molecule has 3 rings (SSSR count). The molecule has 2 aliphatic rings. The first kappa shape index (κ1) is 14.6. The topological polar surface area (TPSA) is 50.2 Å². The highest BCUT2D eigenvalue weighted by Gasteiger charge is 2.31. The summed E-state index contributed by atoms with van der Waals surface area (Å²) in [5, 5.41) is 3.65. The predicted octanol–water partition coefficient (Wildman–Crippen LogP) is 1.44. The van der Waals surface area contributed by atoms with Crippen LogP contribution in [0.5, 0.6) is 0 Å². The molecule has 2 saturated heterocycles. The molecular weight excluding hydrogens is 264 g/mol. The number of aryl methyl sites for hydroxylation is 1. The van der Waals surface area contributed by atoms with Crippen molar-refractivity contribution < 1.29 is 4.79 Å². The second-order valence-corrected chi connectivity index (χ2v) is 6.27.